The first-order valence-electron chi connectivity index (χ1n) is 4.45. The third kappa shape index (κ3) is 0.971. The van der Waals surface area contributed by atoms with Gasteiger partial charge in [-0.15, -0.1) is 0 Å². The van der Waals surface area contributed by atoms with Crippen molar-refractivity contribution in [1.29, 1.82) is 0 Å². The van der Waals surface area contributed by atoms with E-state index in [2.05, 4.69) is 21.9 Å². The lowest BCUT2D eigenvalue weighted by Crippen LogP contribution is -2.31. The van der Waals surface area contributed by atoms with Crippen LogP contribution in [0.4, 0.5) is 0 Å². The van der Waals surface area contributed by atoms with Crippen LogP contribution in [-0.4, -0.2) is 23.0 Å². The Hall–Kier alpha value is -1.35. The maximum Gasteiger partial charge on any atom is 0.0992 e. The largest absolute Gasteiger partial charge is 0.377 e. The van der Waals surface area contributed by atoms with Crippen molar-refractivity contribution in [2.75, 3.05) is 13.2 Å². The number of nitrogens with zero attached hydrogens (tertiary/aromatic N) is 2. The van der Waals surface area contributed by atoms with Crippen LogP contribution in [0.25, 0.3) is 10.9 Å². The molecule has 1 aliphatic rings. The molecule has 2 aromatic rings. The summed E-state index contributed by atoms with van der Waals surface area (Å²) in [7, 11) is 0. The lowest BCUT2D eigenvalue weighted by molar-refractivity contribution is -0.0266. The van der Waals surface area contributed by atoms with Crippen molar-refractivity contribution in [2.45, 2.75) is 6.04 Å². The molecule has 0 bridgehead atoms. The van der Waals surface area contributed by atoms with Gasteiger partial charge in [-0.25, -0.2) is 0 Å². The number of hydrogen-bond acceptors (Lipinski definition) is 2. The minimum absolute atomic E-state index is 0.444. The first-order valence-corrected chi connectivity index (χ1v) is 4.45. The minimum atomic E-state index is 0.444. The molecule has 0 amide bonds. The van der Waals surface area contributed by atoms with E-state index in [4.69, 9.17) is 4.74 Å². The summed E-state index contributed by atoms with van der Waals surface area (Å²) in [5.41, 5.74) is 1.20. The number of hydrogen-bond donors (Lipinski definition) is 0. The third-order valence-electron chi connectivity index (χ3n) is 2.47. The second kappa shape index (κ2) is 2.57. The Bertz CT molecular complexity index is 431. The summed E-state index contributed by atoms with van der Waals surface area (Å²) < 4.78 is 7.20. The summed E-state index contributed by atoms with van der Waals surface area (Å²) in [6, 6.07) is 8.70. The molecule has 0 radical (unpaired) electrons. The topological polar surface area (TPSA) is 27.1 Å². The summed E-state index contributed by atoms with van der Waals surface area (Å²) in [5.74, 6) is 0. The zero-order valence-electron chi connectivity index (χ0n) is 7.18. The van der Waals surface area contributed by atoms with Gasteiger partial charge in [-0.1, -0.05) is 18.2 Å². The van der Waals surface area contributed by atoms with Gasteiger partial charge >= 0.3 is 0 Å². The van der Waals surface area contributed by atoms with Crippen molar-refractivity contribution >= 4 is 10.9 Å². The van der Waals surface area contributed by atoms with Gasteiger partial charge in [0.05, 0.1) is 31.0 Å². The summed E-state index contributed by atoms with van der Waals surface area (Å²) in [6.07, 6.45) is 1.91. The van der Waals surface area contributed by atoms with Crippen molar-refractivity contribution < 1.29 is 4.74 Å². The van der Waals surface area contributed by atoms with Crippen molar-refractivity contribution in [2.24, 2.45) is 0 Å². The molecule has 3 rings (SSSR count). The maximum absolute atomic E-state index is 5.15. The molecule has 0 saturated carbocycles. The van der Waals surface area contributed by atoms with Crippen LogP contribution in [0.1, 0.15) is 6.04 Å². The number of ether oxygens (including phenoxy) is 1. The molecule has 0 N–H and O–H groups in total. The van der Waals surface area contributed by atoms with E-state index < -0.39 is 0 Å². The summed E-state index contributed by atoms with van der Waals surface area (Å²) in [6.45, 7) is 1.59. The summed E-state index contributed by atoms with van der Waals surface area (Å²) >= 11 is 0. The van der Waals surface area contributed by atoms with E-state index in [-0.39, 0.29) is 0 Å². The van der Waals surface area contributed by atoms with E-state index in [0.717, 1.165) is 13.2 Å². The molecular weight excluding hydrogens is 164 g/mol. The number of para-hydroxylation sites is 1. The van der Waals surface area contributed by atoms with Crippen LogP contribution in [0.15, 0.2) is 30.5 Å². The quantitative estimate of drug-likeness (QED) is 0.656. The molecule has 1 aliphatic heterocycles. The number of aromatic nitrogens is 2. The zero-order valence-corrected chi connectivity index (χ0v) is 7.18. The smallest absolute Gasteiger partial charge is 0.0992 e. The van der Waals surface area contributed by atoms with Gasteiger partial charge in [-0.05, 0) is 6.07 Å². The average Bonchev–Trinajstić information content (AvgIpc) is 2.47. The third-order valence-corrected chi connectivity index (χ3v) is 2.47. The minimum Gasteiger partial charge on any atom is -0.377 e. The molecule has 66 valence electrons. The van der Waals surface area contributed by atoms with Crippen LogP contribution in [0.2, 0.25) is 0 Å². The summed E-state index contributed by atoms with van der Waals surface area (Å²) in [5, 5.41) is 5.56. The van der Waals surface area contributed by atoms with Crippen molar-refractivity contribution in [3.05, 3.63) is 30.5 Å². The lowest BCUT2D eigenvalue weighted by atomic mass is 10.2. The molecular formula is C10H10N2O. The van der Waals surface area contributed by atoms with Crippen LogP contribution < -0.4 is 0 Å². The zero-order chi connectivity index (χ0) is 8.67. The van der Waals surface area contributed by atoms with Gasteiger partial charge in [0.15, 0.2) is 0 Å². The molecule has 0 spiro atoms. The van der Waals surface area contributed by atoms with E-state index >= 15 is 0 Å². The fourth-order valence-electron chi connectivity index (χ4n) is 1.65. The first-order chi connectivity index (χ1) is 6.45. The van der Waals surface area contributed by atoms with E-state index in [9.17, 15) is 0 Å². The Morgan fingerprint density at radius 2 is 2.15 bits per heavy atom. The van der Waals surface area contributed by atoms with Gasteiger partial charge in [0, 0.05) is 5.39 Å². The number of benzene rings is 1. The summed E-state index contributed by atoms with van der Waals surface area (Å²) in [4.78, 5) is 0. The van der Waals surface area contributed by atoms with Crippen molar-refractivity contribution in [3.63, 3.8) is 0 Å². The Kier molecular flexibility index (Phi) is 1.40. The number of rotatable bonds is 1. The maximum atomic E-state index is 5.15. The van der Waals surface area contributed by atoms with E-state index in [1.54, 1.807) is 0 Å². The molecule has 0 aliphatic carbocycles. The second-order valence-corrected chi connectivity index (χ2v) is 3.34. The molecule has 1 aromatic heterocycles. The van der Waals surface area contributed by atoms with E-state index in [1.807, 2.05) is 18.3 Å². The van der Waals surface area contributed by atoms with Crippen molar-refractivity contribution in [1.82, 2.24) is 9.78 Å². The molecule has 0 atom stereocenters. The first kappa shape index (κ1) is 7.09. The monoisotopic (exact) mass is 174 g/mol. The molecule has 2 heterocycles. The Morgan fingerprint density at radius 3 is 2.92 bits per heavy atom. The standard InChI is InChI=1S/C10H10N2O/c1-2-4-10-8(3-1)5-11-12(10)9-6-13-7-9/h1-5,9H,6-7H2. The fourth-order valence-corrected chi connectivity index (χ4v) is 1.65. The van der Waals surface area contributed by atoms with Crippen LogP contribution in [0.3, 0.4) is 0 Å². The van der Waals surface area contributed by atoms with Crippen LogP contribution in [-0.2, 0) is 4.74 Å². The Labute approximate surface area is 75.9 Å². The molecule has 0 unspecified atom stereocenters. The average molecular weight is 174 g/mol. The molecule has 3 heteroatoms. The SMILES string of the molecule is c1ccc2c(c1)cnn2C1COC1. The molecule has 13 heavy (non-hydrogen) atoms. The highest BCUT2D eigenvalue weighted by molar-refractivity contribution is 5.78. The Morgan fingerprint density at radius 1 is 1.31 bits per heavy atom. The molecule has 1 fully saturated rings. The lowest BCUT2D eigenvalue weighted by Gasteiger charge is -2.26. The van der Waals surface area contributed by atoms with Gasteiger partial charge in [0.25, 0.3) is 0 Å². The molecule has 1 saturated heterocycles. The van der Waals surface area contributed by atoms with Gasteiger partial charge in [-0.2, -0.15) is 5.10 Å². The highest BCUT2D eigenvalue weighted by Crippen LogP contribution is 2.22. The number of fused-ring (bicyclic) bond motifs is 1. The molecule has 3 nitrogen and oxygen atoms in total. The second-order valence-electron chi connectivity index (χ2n) is 3.34. The van der Waals surface area contributed by atoms with Gasteiger partial charge < -0.3 is 4.74 Å². The van der Waals surface area contributed by atoms with Crippen LogP contribution in [0.5, 0.6) is 0 Å². The normalized spacial score (nSPS) is 17.5. The van der Waals surface area contributed by atoms with E-state index in [1.165, 1.54) is 10.9 Å². The molecule has 1 aromatic carbocycles. The fraction of sp³-hybridized carbons (Fsp3) is 0.300. The van der Waals surface area contributed by atoms with Gasteiger partial charge in [0.2, 0.25) is 0 Å². The van der Waals surface area contributed by atoms with Crippen LogP contribution in [0, 0.1) is 0 Å². The highest BCUT2D eigenvalue weighted by Gasteiger charge is 2.22. The highest BCUT2D eigenvalue weighted by atomic mass is 16.5. The Balaban J connectivity index is 2.17. The van der Waals surface area contributed by atoms with E-state index in [0.29, 0.717) is 6.04 Å². The van der Waals surface area contributed by atoms with Crippen LogP contribution >= 0.6 is 0 Å². The predicted octanol–water partition coefficient (Wildman–Crippen LogP) is 1.61. The van der Waals surface area contributed by atoms with Crippen molar-refractivity contribution in [3.8, 4) is 0 Å². The predicted molar refractivity (Wildman–Crippen MR) is 49.6 cm³/mol. The van der Waals surface area contributed by atoms with Gasteiger partial charge in [0.1, 0.15) is 0 Å². The van der Waals surface area contributed by atoms with Gasteiger partial charge in [-0.3, -0.25) is 4.68 Å².